The Morgan fingerprint density at radius 3 is 1.71 bits per heavy atom. The molecule has 2 heterocycles. The van der Waals surface area contributed by atoms with Crippen LogP contribution in [0.4, 0.5) is 0 Å². The van der Waals surface area contributed by atoms with Crippen LogP contribution in [-0.2, 0) is 4.57 Å². The van der Waals surface area contributed by atoms with Crippen LogP contribution in [0.15, 0.2) is 152 Å². The summed E-state index contributed by atoms with van der Waals surface area (Å²) in [5.41, 5.74) is 3.83. The molecule has 3 nitrogen and oxygen atoms in total. The first-order valence-electron chi connectivity index (χ1n) is 14.0. The van der Waals surface area contributed by atoms with Gasteiger partial charge in [-0.15, -0.1) is 0 Å². The molecule has 0 fully saturated rings. The van der Waals surface area contributed by atoms with Gasteiger partial charge in [-0.3, -0.25) is 9.97 Å². The molecule has 0 saturated heterocycles. The molecule has 0 atom stereocenters. The highest BCUT2D eigenvalue weighted by Crippen LogP contribution is 2.46. The quantitative estimate of drug-likeness (QED) is 0.162. The lowest BCUT2D eigenvalue weighted by molar-refractivity contribution is 0.593. The van der Waals surface area contributed by atoms with Crippen molar-refractivity contribution in [2.75, 3.05) is 0 Å². The molecule has 42 heavy (non-hydrogen) atoms. The van der Waals surface area contributed by atoms with Gasteiger partial charge in [-0.2, -0.15) is 0 Å². The van der Waals surface area contributed by atoms with Crippen LogP contribution in [0.25, 0.3) is 54.5 Å². The fraction of sp³-hybridized carbons (Fsp3) is 0. The average Bonchev–Trinajstić information content (AvgIpc) is 3.07. The topological polar surface area (TPSA) is 42.9 Å². The molecule has 0 bridgehead atoms. The van der Waals surface area contributed by atoms with Gasteiger partial charge in [-0.05, 0) is 39.2 Å². The van der Waals surface area contributed by atoms with Crippen LogP contribution < -0.4 is 15.9 Å². The van der Waals surface area contributed by atoms with Gasteiger partial charge in [0.2, 0.25) is 0 Å². The molecular formula is C38H25N2OP. The Hall–Kier alpha value is -5.11. The molecule has 198 valence electrons. The fourth-order valence-electron chi connectivity index (χ4n) is 6.13. The van der Waals surface area contributed by atoms with Gasteiger partial charge in [-0.25, -0.2) is 0 Å². The molecule has 2 aromatic heterocycles. The number of pyridine rings is 2. The summed E-state index contributed by atoms with van der Waals surface area (Å²) in [6.07, 6.45) is 3.71. The number of hydrogen-bond donors (Lipinski definition) is 0. The van der Waals surface area contributed by atoms with Crippen LogP contribution >= 0.6 is 7.14 Å². The summed E-state index contributed by atoms with van der Waals surface area (Å²) in [7, 11) is -3.27. The Bertz CT molecular complexity index is 2250. The molecule has 0 unspecified atom stereocenters. The Morgan fingerprint density at radius 2 is 1.02 bits per heavy atom. The maximum Gasteiger partial charge on any atom is 0.172 e. The number of benzene rings is 6. The molecule has 0 radical (unpaired) electrons. The molecule has 8 rings (SSSR count). The summed E-state index contributed by atoms with van der Waals surface area (Å²) in [5, 5.41) is 8.83. The Morgan fingerprint density at radius 1 is 0.452 bits per heavy atom. The van der Waals surface area contributed by atoms with E-state index < -0.39 is 7.14 Å². The van der Waals surface area contributed by atoms with Crippen molar-refractivity contribution in [1.82, 2.24) is 9.97 Å². The van der Waals surface area contributed by atoms with Crippen molar-refractivity contribution in [2.24, 2.45) is 0 Å². The summed E-state index contributed by atoms with van der Waals surface area (Å²) in [5.74, 6) is 0. The second kappa shape index (κ2) is 9.76. The molecule has 0 saturated carbocycles. The zero-order valence-electron chi connectivity index (χ0n) is 22.7. The second-order valence-corrected chi connectivity index (χ2v) is 13.3. The lowest BCUT2D eigenvalue weighted by atomic mass is 10.0. The van der Waals surface area contributed by atoms with Crippen molar-refractivity contribution in [2.45, 2.75) is 0 Å². The zero-order chi connectivity index (χ0) is 28.1. The van der Waals surface area contributed by atoms with Crippen LogP contribution in [-0.4, -0.2) is 9.97 Å². The van der Waals surface area contributed by atoms with Gasteiger partial charge < -0.3 is 4.57 Å². The van der Waals surface area contributed by atoms with E-state index >= 15 is 4.57 Å². The lowest BCUT2D eigenvalue weighted by Crippen LogP contribution is -2.26. The van der Waals surface area contributed by atoms with E-state index in [2.05, 4.69) is 77.8 Å². The zero-order valence-corrected chi connectivity index (χ0v) is 23.6. The van der Waals surface area contributed by atoms with E-state index in [1.807, 2.05) is 72.9 Å². The molecule has 8 aromatic rings. The predicted molar refractivity (Wildman–Crippen MR) is 177 cm³/mol. The summed E-state index contributed by atoms with van der Waals surface area (Å²) < 4.78 is 15.8. The molecular weight excluding hydrogens is 531 g/mol. The molecule has 6 aromatic carbocycles. The lowest BCUT2D eigenvalue weighted by Gasteiger charge is -2.23. The molecule has 0 aliphatic heterocycles. The normalized spacial score (nSPS) is 11.9. The van der Waals surface area contributed by atoms with Crippen LogP contribution in [0, 0.1) is 0 Å². The van der Waals surface area contributed by atoms with E-state index in [-0.39, 0.29) is 0 Å². The SMILES string of the molecule is O=P(c1ccc(-c2cnc3c(ccc4cccnc43)c2)cc1)(c1cccc2ccccc12)c1cccc2ccccc12. The first-order chi connectivity index (χ1) is 20.7. The first kappa shape index (κ1) is 24.7. The molecule has 4 heteroatoms. The predicted octanol–water partition coefficient (Wildman–Crippen LogP) is 8.40. The van der Waals surface area contributed by atoms with E-state index in [4.69, 9.17) is 4.98 Å². The van der Waals surface area contributed by atoms with Crippen molar-refractivity contribution >= 4 is 66.4 Å². The molecule has 0 N–H and O–H groups in total. The van der Waals surface area contributed by atoms with Gasteiger partial charge >= 0.3 is 0 Å². The minimum atomic E-state index is -3.27. The third-order valence-electron chi connectivity index (χ3n) is 8.20. The van der Waals surface area contributed by atoms with Crippen molar-refractivity contribution in [3.8, 4) is 11.1 Å². The summed E-state index contributed by atoms with van der Waals surface area (Å²) in [6.45, 7) is 0. The van der Waals surface area contributed by atoms with E-state index in [1.165, 1.54) is 0 Å². The van der Waals surface area contributed by atoms with Gasteiger partial charge in [0.15, 0.2) is 7.14 Å². The summed E-state index contributed by atoms with van der Waals surface area (Å²) in [6, 6.07) is 47.2. The van der Waals surface area contributed by atoms with Crippen LogP contribution in [0.2, 0.25) is 0 Å². The van der Waals surface area contributed by atoms with E-state index in [0.29, 0.717) is 0 Å². The smallest absolute Gasteiger partial charge is 0.172 e. The number of hydrogen-bond acceptors (Lipinski definition) is 3. The van der Waals surface area contributed by atoms with Crippen LogP contribution in [0.5, 0.6) is 0 Å². The van der Waals surface area contributed by atoms with Crippen molar-refractivity contribution in [1.29, 1.82) is 0 Å². The Labute approximate surface area is 243 Å². The van der Waals surface area contributed by atoms with E-state index in [9.17, 15) is 0 Å². The average molecular weight is 557 g/mol. The van der Waals surface area contributed by atoms with Gasteiger partial charge in [0.25, 0.3) is 0 Å². The van der Waals surface area contributed by atoms with Crippen LogP contribution in [0.1, 0.15) is 0 Å². The summed E-state index contributed by atoms with van der Waals surface area (Å²) >= 11 is 0. The van der Waals surface area contributed by atoms with Gasteiger partial charge in [-0.1, -0.05) is 127 Å². The number of fused-ring (bicyclic) bond motifs is 5. The third-order valence-corrected chi connectivity index (χ3v) is 11.4. The highest BCUT2D eigenvalue weighted by molar-refractivity contribution is 7.86. The second-order valence-electron chi connectivity index (χ2n) is 10.6. The summed E-state index contributed by atoms with van der Waals surface area (Å²) in [4.78, 5) is 9.36. The molecule has 0 spiro atoms. The highest BCUT2D eigenvalue weighted by Gasteiger charge is 2.33. The Balaban J connectivity index is 1.31. The maximum atomic E-state index is 15.8. The highest BCUT2D eigenvalue weighted by atomic mass is 31.2. The van der Waals surface area contributed by atoms with Gasteiger partial charge in [0, 0.05) is 44.6 Å². The van der Waals surface area contributed by atoms with Crippen molar-refractivity contribution in [3.05, 3.63) is 152 Å². The van der Waals surface area contributed by atoms with Crippen molar-refractivity contribution in [3.63, 3.8) is 0 Å². The molecule has 0 aliphatic rings. The van der Waals surface area contributed by atoms with Crippen LogP contribution in [0.3, 0.4) is 0 Å². The largest absolute Gasteiger partial charge is 0.309 e. The minimum Gasteiger partial charge on any atom is -0.309 e. The number of nitrogens with zero attached hydrogens (tertiary/aromatic N) is 2. The minimum absolute atomic E-state index is 0.808. The third kappa shape index (κ3) is 3.86. The fourth-order valence-corrected chi connectivity index (χ4v) is 9.19. The van der Waals surface area contributed by atoms with Gasteiger partial charge in [0.05, 0.1) is 11.0 Å². The van der Waals surface area contributed by atoms with E-state index in [1.54, 1.807) is 6.20 Å². The van der Waals surface area contributed by atoms with E-state index in [0.717, 1.165) is 70.4 Å². The number of rotatable bonds is 4. The molecule has 0 aliphatic carbocycles. The number of aromatic nitrogens is 2. The molecule has 0 amide bonds. The maximum absolute atomic E-state index is 15.8. The Kier molecular flexibility index (Phi) is 5.73. The van der Waals surface area contributed by atoms with Gasteiger partial charge in [0.1, 0.15) is 0 Å². The standard InChI is InChI=1S/C38H25N2OP/c41-42(35-15-5-10-27-8-1-3-13-33(27)35,36-16-6-11-28-9-2-4-14-34(28)36)32-21-19-26(20-22-32)31-24-30-18-17-29-12-7-23-39-37(29)38(30)40-25-31/h1-25H. The first-order valence-corrected chi connectivity index (χ1v) is 15.7. The van der Waals surface area contributed by atoms with Crippen molar-refractivity contribution < 1.29 is 4.57 Å². The monoisotopic (exact) mass is 556 g/mol.